The van der Waals surface area contributed by atoms with Crippen molar-refractivity contribution in [1.29, 1.82) is 0 Å². The summed E-state index contributed by atoms with van der Waals surface area (Å²) >= 11 is 0. The van der Waals surface area contributed by atoms with Gasteiger partial charge in [-0.3, -0.25) is 4.90 Å². The third-order valence-corrected chi connectivity index (χ3v) is 1.57. The Bertz CT molecular complexity index is 73.7. The molecule has 0 saturated heterocycles. The monoisotopic (exact) mass is 144 g/mol. The van der Waals surface area contributed by atoms with Crippen molar-refractivity contribution in [3.05, 3.63) is 7.05 Å². The van der Waals surface area contributed by atoms with E-state index in [1.807, 2.05) is 0 Å². The van der Waals surface area contributed by atoms with Crippen molar-refractivity contribution in [2.75, 3.05) is 7.05 Å². The smallest absolute Gasteiger partial charge is 0.107 e. The van der Waals surface area contributed by atoms with Crippen LogP contribution in [0.5, 0.6) is 0 Å². The Hall–Kier alpha value is -0.0800. The average molecular weight is 144 g/mol. The number of aliphatic hydroxyl groups excluding tert-OH is 1. The zero-order valence-corrected chi connectivity index (χ0v) is 7.01. The molecule has 0 rings (SSSR count). The Balaban J connectivity index is 3.13. The largest absolute Gasteiger partial charge is 0.378 e. The van der Waals surface area contributed by atoms with Gasteiger partial charge in [-0.25, -0.2) is 0 Å². The minimum absolute atomic E-state index is 0.355. The van der Waals surface area contributed by atoms with Crippen LogP contribution in [0.15, 0.2) is 0 Å². The number of hydrogen-bond acceptors (Lipinski definition) is 2. The minimum Gasteiger partial charge on any atom is -0.378 e. The van der Waals surface area contributed by atoms with Crippen molar-refractivity contribution in [2.45, 2.75) is 38.8 Å². The lowest BCUT2D eigenvalue weighted by Gasteiger charge is -2.17. The summed E-state index contributed by atoms with van der Waals surface area (Å²) in [6.07, 6.45) is 3.98. The summed E-state index contributed by atoms with van der Waals surface area (Å²) in [6, 6.07) is 0. The Morgan fingerprint density at radius 3 is 2.50 bits per heavy atom. The molecule has 2 heteroatoms. The van der Waals surface area contributed by atoms with Crippen LogP contribution in [-0.2, 0) is 0 Å². The summed E-state index contributed by atoms with van der Waals surface area (Å²) < 4.78 is 0. The van der Waals surface area contributed by atoms with Crippen molar-refractivity contribution in [2.24, 2.45) is 0 Å². The third-order valence-electron chi connectivity index (χ3n) is 1.57. The second-order valence-corrected chi connectivity index (χ2v) is 2.73. The second-order valence-electron chi connectivity index (χ2n) is 2.73. The highest BCUT2D eigenvalue weighted by atomic mass is 16.3. The molecule has 0 aliphatic rings. The van der Waals surface area contributed by atoms with Crippen LogP contribution >= 0.6 is 0 Å². The number of hydrogen-bond donors (Lipinski definition) is 1. The highest BCUT2D eigenvalue weighted by Gasteiger charge is 2.04. The van der Waals surface area contributed by atoms with Crippen LogP contribution in [0.25, 0.3) is 0 Å². The van der Waals surface area contributed by atoms with Gasteiger partial charge in [-0.15, -0.1) is 0 Å². The quantitative estimate of drug-likeness (QED) is 0.468. The van der Waals surface area contributed by atoms with Crippen molar-refractivity contribution in [3.63, 3.8) is 0 Å². The Labute approximate surface area is 63.8 Å². The maximum absolute atomic E-state index is 9.22. The summed E-state index contributed by atoms with van der Waals surface area (Å²) in [7, 11) is 5.39. The van der Waals surface area contributed by atoms with E-state index in [1.54, 1.807) is 11.9 Å². The van der Waals surface area contributed by atoms with E-state index in [2.05, 4.69) is 14.0 Å². The first-order chi connectivity index (χ1) is 4.68. The fourth-order valence-corrected chi connectivity index (χ4v) is 0.797. The lowest BCUT2D eigenvalue weighted by atomic mass is 10.2. The van der Waals surface area contributed by atoms with Crippen molar-refractivity contribution < 1.29 is 5.11 Å². The maximum Gasteiger partial charge on any atom is 0.107 e. The highest BCUT2D eigenvalue weighted by molar-refractivity contribution is 4.54. The molecule has 0 aliphatic carbocycles. The molecule has 0 amide bonds. The number of unbranched alkanes of at least 4 members (excludes halogenated alkanes) is 2. The van der Waals surface area contributed by atoms with E-state index in [1.165, 1.54) is 12.8 Å². The zero-order valence-electron chi connectivity index (χ0n) is 7.01. The Morgan fingerprint density at radius 2 is 2.10 bits per heavy atom. The second kappa shape index (κ2) is 5.69. The van der Waals surface area contributed by atoms with Crippen molar-refractivity contribution >= 4 is 0 Å². The van der Waals surface area contributed by atoms with Crippen LogP contribution < -0.4 is 0 Å². The zero-order chi connectivity index (χ0) is 7.98. The van der Waals surface area contributed by atoms with E-state index in [-0.39, 0.29) is 6.23 Å². The fraction of sp³-hybridized carbons (Fsp3) is 0.875. The third kappa shape index (κ3) is 4.77. The van der Waals surface area contributed by atoms with E-state index in [0.717, 1.165) is 12.8 Å². The van der Waals surface area contributed by atoms with E-state index in [4.69, 9.17) is 0 Å². The SMILES string of the molecule is [CH2]N(C)C(O)CCCCC. The molecule has 61 valence electrons. The summed E-state index contributed by atoms with van der Waals surface area (Å²) in [4.78, 5) is 1.59. The summed E-state index contributed by atoms with van der Waals surface area (Å²) in [5, 5.41) is 9.22. The molecule has 0 heterocycles. The van der Waals surface area contributed by atoms with Gasteiger partial charge in [0.05, 0.1) is 0 Å². The van der Waals surface area contributed by atoms with Crippen LogP contribution in [0.2, 0.25) is 0 Å². The van der Waals surface area contributed by atoms with Gasteiger partial charge in [-0.2, -0.15) is 0 Å². The average Bonchev–Trinajstić information content (AvgIpc) is 1.88. The van der Waals surface area contributed by atoms with Gasteiger partial charge in [0.25, 0.3) is 0 Å². The Morgan fingerprint density at radius 1 is 1.50 bits per heavy atom. The van der Waals surface area contributed by atoms with Crippen molar-refractivity contribution in [3.8, 4) is 0 Å². The predicted octanol–water partition coefficient (Wildman–Crippen LogP) is 1.61. The van der Waals surface area contributed by atoms with E-state index < -0.39 is 0 Å². The molecule has 0 aromatic carbocycles. The summed E-state index contributed by atoms with van der Waals surface area (Å²) in [5.74, 6) is 0. The standard InChI is InChI=1S/C8H18NO/c1-4-5-6-7-8(10)9(2)3/h8,10H,2,4-7H2,1,3H3. The first-order valence-electron chi connectivity index (χ1n) is 3.90. The summed E-state index contributed by atoms with van der Waals surface area (Å²) in [6.45, 7) is 2.15. The molecule has 0 saturated carbocycles. The molecular formula is C8H18NO. The lowest BCUT2D eigenvalue weighted by Crippen LogP contribution is -2.25. The number of aliphatic hydroxyl groups is 1. The molecule has 2 nitrogen and oxygen atoms in total. The maximum atomic E-state index is 9.22. The molecule has 1 radical (unpaired) electrons. The van der Waals surface area contributed by atoms with Crippen LogP contribution in [-0.4, -0.2) is 23.3 Å². The van der Waals surface area contributed by atoms with Gasteiger partial charge in [0.2, 0.25) is 0 Å². The van der Waals surface area contributed by atoms with Crippen LogP contribution in [0.1, 0.15) is 32.6 Å². The molecule has 0 aliphatic heterocycles. The predicted molar refractivity (Wildman–Crippen MR) is 43.3 cm³/mol. The van der Waals surface area contributed by atoms with E-state index >= 15 is 0 Å². The van der Waals surface area contributed by atoms with Gasteiger partial charge < -0.3 is 5.11 Å². The van der Waals surface area contributed by atoms with Gasteiger partial charge in [-0.05, 0) is 19.9 Å². The van der Waals surface area contributed by atoms with Crippen LogP contribution in [0.4, 0.5) is 0 Å². The van der Waals surface area contributed by atoms with Gasteiger partial charge in [-0.1, -0.05) is 19.8 Å². The minimum atomic E-state index is -0.355. The van der Waals surface area contributed by atoms with Crippen LogP contribution in [0, 0.1) is 7.05 Å². The highest BCUT2D eigenvalue weighted by Crippen LogP contribution is 2.04. The normalized spacial score (nSPS) is 14.1. The molecule has 0 aromatic rings. The first-order valence-corrected chi connectivity index (χ1v) is 3.90. The molecule has 1 unspecified atom stereocenters. The van der Waals surface area contributed by atoms with E-state index in [0.29, 0.717) is 0 Å². The van der Waals surface area contributed by atoms with Gasteiger partial charge in [0.1, 0.15) is 6.23 Å². The molecule has 1 N–H and O–H groups in total. The summed E-state index contributed by atoms with van der Waals surface area (Å²) in [5.41, 5.74) is 0. The topological polar surface area (TPSA) is 23.5 Å². The van der Waals surface area contributed by atoms with Gasteiger partial charge in [0.15, 0.2) is 0 Å². The van der Waals surface area contributed by atoms with E-state index in [9.17, 15) is 5.11 Å². The van der Waals surface area contributed by atoms with Gasteiger partial charge in [0, 0.05) is 7.05 Å². The molecular weight excluding hydrogens is 126 g/mol. The van der Waals surface area contributed by atoms with Gasteiger partial charge >= 0.3 is 0 Å². The Kier molecular flexibility index (Phi) is 5.64. The molecule has 10 heavy (non-hydrogen) atoms. The number of nitrogens with zero attached hydrogens (tertiary/aromatic N) is 1. The molecule has 0 aromatic heterocycles. The van der Waals surface area contributed by atoms with Crippen LogP contribution in [0.3, 0.4) is 0 Å². The fourth-order valence-electron chi connectivity index (χ4n) is 0.797. The number of rotatable bonds is 5. The molecule has 0 fully saturated rings. The molecule has 0 spiro atoms. The lowest BCUT2D eigenvalue weighted by molar-refractivity contribution is 0.0431. The molecule has 1 atom stereocenters. The molecule has 0 bridgehead atoms. The van der Waals surface area contributed by atoms with Crippen molar-refractivity contribution in [1.82, 2.24) is 4.90 Å². The first kappa shape index (κ1) is 9.92.